The molecular weight excluding hydrogens is 260 g/mol. The van der Waals surface area contributed by atoms with E-state index in [9.17, 15) is 0 Å². The van der Waals surface area contributed by atoms with Gasteiger partial charge in [-0.15, -0.1) is 0 Å². The van der Waals surface area contributed by atoms with E-state index in [-0.39, 0.29) is 6.04 Å². The zero-order chi connectivity index (χ0) is 14.7. The molecule has 2 N–H and O–H groups in total. The van der Waals surface area contributed by atoms with Gasteiger partial charge in [0, 0.05) is 18.3 Å². The van der Waals surface area contributed by atoms with Gasteiger partial charge in [0.25, 0.3) is 0 Å². The van der Waals surface area contributed by atoms with Crippen molar-refractivity contribution in [2.45, 2.75) is 25.8 Å². The number of rotatable bonds is 4. The Kier molecular flexibility index (Phi) is 4.36. The van der Waals surface area contributed by atoms with E-state index in [1.807, 2.05) is 29.1 Å². The monoisotopic (exact) mass is 284 g/mol. The molecule has 1 aromatic heterocycles. The summed E-state index contributed by atoms with van der Waals surface area (Å²) >= 11 is 0. The molecule has 2 heterocycles. The Morgan fingerprint density at radius 2 is 1.95 bits per heavy atom. The van der Waals surface area contributed by atoms with Crippen LogP contribution in [0.3, 0.4) is 0 Å². The Bertz CT molecular complexity index is 555. The lowest BCUT2D eigenvalue weighted by Gasteiger charge is -2.35. The fraction of sp³-hybridized carbons (Fsp3) is 0.471. The number of para-hydroxylation sites is 1. The smallest absolute Gasteiger partial charge is 0.0645 e. The van der Waals surface area contributed by atoms with E-state index in [0.717, 1.165) is 24.7 Å². The zero-order valence-electron chi connectivity index (χ0n) is 12.7. The Morgan fingerprint density at radius 1 is 1.24 bits per heavy atom. The van der Waals surface area contributed by atoms with E-state index in [2.05, 4.69) is 35.3 Å². The molecule has 3 rings (SSSR count). The molecule has 2 aromatic rings. The molecular formula is C17H24N4. The van der Waals surface area contributed by atoms with Crippen LogP contribution >= 0.6 is 0 Å². The van der Waals surface area contributed by atoms with Crippen molar-refractivity contribution in [3.8, 4) is 5.69 Å². The average Bonchev–Trinajstić information content (AvgIpc) is 3.00. The molecule has 1 saturated heterocycles. The van der Waals surface area contributed by atoms with Gasteiger partial charge < -0.3 is 5.73 Å². The summed E-state index contributed by atoms with van der Waals surface area (Å²) < 4.78 is 1.94. The number of hydrogen-bond acceptors (Lipinski definition) is 3. The van der Waals surface area contributed by atoms with Gasteiger partial charge in [-0.3, -0.25) is 4.90 Å². The molecule has 1 unspecified atom stereocenters. The third-order valence-electron chi connectivity index (χ3n) is 4.49. The van der Waals surface area contributed by atoms with Crippen molar-refractivity contribution >= 4 is 0 Å². The normalized spacial score (nSPS) is 18.8. The van der Waals surface area contributed by atoms with Gasteiger partial charge in [-0.2, -0.15) is 5.10 Å². The van der Waals surface area contributed by atoms with E-state index < -0.39 is 0 Å². The minimum absolute atomic E-state index is 0.287. The summed E-state index contributed by atoms with van der Waals surface area (Å²) in [6.07, 6.45) is 6.61. The Morgan fingerprint density at radius 3 is 2.62 bits per heavy atom. The maximum absolute atomic E-state index is 6.04. The highest BCUT2D eigenvalue weighted by atomic mass is 15.3. The first kappa shape index (κ1) is 14.3. The molecule has 4 nitrogen and oxygen atoms in total. The number of nitrogens with two attached hydrogens (primary N) is 1. The fourth-order valence-corrected chi connectivity index (χ4v) is 3.07. The summed E-state index contributed by atoms with van der Waals surface area (Å²) in [4.78, 5) is 2.51. The zero-order valence-corrected chi connectivity index (χ0v) is 12.7. The lowest BCUT2D eigenvalue weighted by molar-refractivity contribution is 0.141. The van der Waals surface area contributed by atoms with Gasteiger partial charge in [0.15, 0.2) is 0 Å². The quantitative estimate of drug-likeness (QED) is 0.939. The Labute approximate surface area is 126 Å². The van der Waals surface area contributed by atoms with E-state index in [1.165, 1.54) is 18.4 Å². The van der Waals surface area contributed by atoms with Gasteiger partial charge in [0.2, 0.25) is 0 Å². The second-order valence-electron chi connectivity index (χ2n) is 6.02. The van der Waals surface area contributed by atoms with Crippen LogP contribution in [0.2, 0.25) is 0 Å². The predicted molar refractivity (Wildman–Crippen MR) is 85.3 cm³/mol. The summed E-state index contributed by atoms with van der Waals surface area (Å²) in [5, 5.41) is 4.50. The van der Waals surface area contributed by atoms with Crippen molar-refractivity contribution < 1.29 is 0 Å². The lowest BCUT2D eigenvalue weighted by Crippen LogP contribution is -2.39. The van der Waals surface area contributed by atoms with Gasteiger partial charge in [0.05, 0.1) is 17.9 Å². The SMILES string of the molecule is CC1CCN(C(CN)c2cnn(-c3ccccc3)c2)CC1. The molecule has 1 aliphatic rings. The second-order valence-corrected chi connectivity index (χ2v) is 6.02. The highest BCUT2D eigenvalue weighted by molar-refractivity contribution is 5.31. The third-order valence-corrected chi connectivity index (χ3v) is 4.49. The highest BCUT2D eigenvalue weighted by Gasteiger charge is 2.24. The van der Waals surface area contributed by atoms with E-state index in [1.54, 1.807) is 0 Å². The third kappa shape index (κ3) is 3.17. The number of benzene rings is 1. The molecule has 0 bridgehead atoms. The van der Waals surface area contributed by atoms with Crippen LogP contribution in [0.25, 0.3) is 5.69 Å². The largest absolute Gasteiger partial charge is 0.329 e. The predicted octanol–water partition coefficient (Wildman–Crippen LogP) is 2.60. The van der Waals surface area contributed by atoms with Crippen LogP contribution in [0.5, 0.6) is 0 Å². The van der Waals surface area contributed by atoms with Crippen molar-refractivity contribution in [1.29, 1.82) is 0 Å². The fourth-order valence-electron chi connectivity index (χ4n) is 3.07. The number of hydrogen-bond donors (Lipinski definition) is 1. The standard InChI is InChI=1S/C17H24N4/c1-14-7-9-20(10-8-14)17(11-18)15-12-19-21(13-15)16-5-3-2-4-6-16/h2-6,12-14,17H,7-11,18H2,1H3. The molecule has 0 spiro atoms. The molecule has 0 saturated carbocycles. The van der Waals surface area contributed by atoms with Crippen molar-refractivity contribution in [3.63, 3.8) is 0 Å². The van der Waals surface area contributed by atoms with E-state index >= 15 is 0 Å². The summed E-state index contributed by atoms with van der Waals surface area (Å²) in [6, 6.07) is 10.5. The van der Waals surface area contributed by atoms with E-state index in [4.69, 9.17) is 5.73 Å². The minimum Gasteiger partial charge on any atom is -0.329 e. The molecule has 1 aromatic carbocycles. The molecule has 21 heavy (non-hydrogen) atoms. The van der Waals surface area contributed by atoms with Crippen molar-refractivity contribution in [2.24, 2.45) is 11.7 Å². The first-order valence-corrected chi connectivity index (χ1v) is 7.82. The summed E-state index contributed by atoms with van der Waals surface area (Å²) in [5.41, 5.74) is 8.35. The van der Waals surface area contributed by atoms with Gasteiger partial charge in [0.1, 0.15) is 0 Å². The number of nitrogens with zero attached hydrogens (tertiary/aromatic N) is 3. The van der Waals surface area contributed by atoms with E-state index in [0.29, 0.717) is 6.54 Å². The van der Waals surface area contributed by atoms with Gasteiger partial charge in [-0.05, 0) is 44.0 Å². The molecule has 0 aliphatic carbocycles. The van der Waals surface area contributed by atoms with Crippen LogP contribution in [0, 0.1) is 5.92 Å². The van der Waals surface area contributed by atoms with Crippen LogP contribution in [0.4, 0.5) is 0 Å². The maximum atomic E-state index is 6.04. The van der Waals surface area contributed by atoms with Crippen LogP contribution in [-0.2, 0) is 0 Å². The van der Waals surface area contributed by atoms with Gasteiger partial charge >= 0.3 is 0 Å². The lowest BCUT2D eigenvalue weighted by atomic mass is 9.96. The molecule has 0 radical (unpaired) electrons. The number of piperidine rings is 1. The topological polar surface area (TPSA) is 47.1 Å². The Balaban J connectivity index is 1.77. The molecule has 1 aliphatic heterocycles. The van der Waals surface area contributed by atoms with Crippen molar-refractivity contribution in [3.05, 3.63) is 48.3 Å². The van der Waals surface area contributed by atoms with Crippen LogP contribution in [0.15, 0.2) is 42.7 Å². The van der Waals surface area contributed by atoms with Gasteiger partial charge in [-0.1, -0.05) is 25.1 Å². The van der Waals surface area contributed by atoms with Crippen molar-refractivity contribution in [1.82, 2.24) is 14.7 Å². The van der Waals surface area contributed by atoms with Crippen LogP contribution in [-0.4, -0.2) is 34.3 Å². The van der Waals surface area contributed by atoms with Gasteiger partial charge in [-0.25, -0.2) is 4.68 Å². The first-order chi connectivity index (χ1) is 10.3. The highest BCUT2D eigenvalue weighted by Crippen LogP contribution is 2.26. The molecule has 1 fully saturated rings. The first-order valence-electron chi connectivity index (χ1n) is 7.82. The summed E-state index contributed by atoms with van der Waals surface area (Å²) in [5.74, 6) is 0.840. The number of aromatic nitrogens is 2. The van der Waals surface area contributed by atoms with Crippen molar-refractivity contribution in [2.75, 3.05) is 19.6 Å². The maximum Gasteiger partial charge on any atom is 0.0645 e. The molecule has 4 heteroatoms. The van der Waals surface area contributed by atoms with Crippen LogP contribution < -0.4 is 5.73 Å². The second kappa shape index (κ2) is 6.41. The molecule has 0 amide bonds. The average molecular weight is 284 g/mol. The van der Waals surface area contributed by atoms with Crippen LogP contribution in [0.1, 0.15) is 31.4 Å². The summed E-state index contributed by atoms with van der Waals surface area (Å²) in [6.45, 7) is 5.26. The minimum atomic E-state index is 0.287. The number of likely N-dealkylation sites (tertiary alicyclic amines) is 1. The molecule has 112 valence electrons. The summed E-state index contributed by atoms with van der Waals surface area (Å²) in [7, 11) is 0. The molecule has 1 atom stereocenters. The Hall–Kier alpha value is -1.65.